The molecule has 2 atom stereocenters. The van der Waals surface area contributed by atoms with Crippen molar-refractivity contribution in [1.82, 2.24) is 15.2 Å². The summed E-state index contributed by atoms with van der Waals surface area (Å²) in [6.45, 7) is 11.4. The van der Waals surface area contributed by atoms with Crippen LogP contribution in [0.2, 0.25) is 5.02 Å². The van der Waals surface area contributed by atoms with Crippen LogP contribution in [0.5, 0.6) is 11.5 Å². The van der Waals surface area contributed by atoms with Crippen molar-refractivity contribution < 1.29 is 23.4 Å². The molecular weight excluding hydrogens is 573 g/mol. The maximum atomic E-state index is 13.3. The van der Waals surface area contributed by atoms with E-state index in [1.54, 1.807) is 19.1 Å². The standard InChI is InChI=1S/C33H49ClFN3O5/c1-7-9-12-25(13-10-11-24(8-2)38-19-26(20-38)42-15-14-35)43-31-22(4)27(17-29(34)23(31)5)32(39)36-18-28-30(41-6)16-21(3)37-33(28)40/h16-17,24-26H,7-15,18-20H2,1-6H3,(H,36,39)(H,37,40). The average molecular weight is 622 g/mol. The smallest absolute Gasteiger partial charge is 0.256 e. The van der Waals surface area contributed by atoms with E-state index in [1.807, 2.05) is 13.8 Å². The molecule has 2 aromatic rings. The Morgan fingerprint density at radius 1 is 1.14 bits per heavy atom. The fourth-order valence-electron chi connectivity index (χ4n) is 5.74. The first-order chi connectivity index (χ1) is 20.6. The number of carbonyl (C=O) groups excluding carboxylic acids is 1. The van der Waals surface area contributed by atoms with Gasteiger partial charge in [0.1, 0.15) is 18.2 Å². The van der Waals surface area contributed by atoms with E-state index in [2.05, 4.69) is 29.0 Å². The van der Waals surface area contributed by atoms with Crippen LogP contribution in [0.4, 0.5) is 4.39 Å². The maximum absolute atomic E-state index is 13.3. The molecule has 3 rings (SSSR count). The second-order valence-electron chi connectivity index (χ2n) is 11.5. The Balaban J connectivity index is 1.68. The van der Waals surface area contributed by atoms with Crippen molar-refractivity contribution >= 4 is 17.5 Å². The summed E-state index contributed by atoms with van der Waals surface area (Å²) in [5.41, 5.74) is 2.66. The lowest BCUT2D eigenvalue weighted by atomic mass is 9.97. The number of benzene rings is 1. The first kappa shape index (κ1) is 34.9. The summed E-state index contributed by atoms with van der Waals surface area (Å²) in [7, 11) is 1.50. The summed E-state index contributed by atoms with van der Waals surface area (Å²) in [6.07, 6.45) is 7.19. The highest BCUT2D eigenvalue weighted by atomic mass is 35.5. The van der Waals surface area contributed by atoms with Crippen molar-refractivity contribution in [3.63, 3.8) is 0 Å². The van der Waals surface area contributed by atoms with Crippen molar-refractivity contribution in [2.24, 2.45) is 0 Å². The van der Waals surface area contributed by atoms with E-state index >= 15 is 0 Å². The molecule has 0 radical (unpaired) electrons. The number of hydrogen-bond donors (Lipinski definition) is 2. The Hall–Kier alpha value is -2.62. The number of aromatic amines is 1. The second kappa shape index (κ2) is 17.0. The normalized spacial score (nSPS) is 15.2. The third kappa shape index (κ3) is 9.43. The monoisotopic (exact) mass is 621 g/mol. The lowest BCUT2D eigenvalue weighted by Gasteiger charge is -2.44. The number of halogens is 2. The third-order valence-electron chi connectivity index (χ3n) is 8.36. The molecule has 240 valence electrons. The molecular formula is C33H49ClFN3O5. The van der Waals surface area contributed by atoms with E-state index < -0.39 is 6.67 Å². The van der Waals surface area contributed by atoms with Gasteiger partial charge in [-0.2, -0.15) is 0 Å². The van der Waals surface area contributed by atoms with Gasteiger partial charge in [-0.3, -0.25) is 14.5 Å². The van der Waals surface area contributed by atoms with E-state index in [9.17, 15) is 14.0 Å². The maximum Gasteiger partial charge on any atom is 0.256 e. The number of hydrogen-bond acceptors (Lipinski definition) is 6. The number of likely N-dealkylation sites (tertiary alicyclic amines) is 1. The van der Waals surface area contributed by atoms with Crippen LogP contribution < -0.4 is 20.3 Å². The first-order valence-electron chi connectivity index (χ1n) is 15.6. The van der Waals surface area contributed by atoms with Gasteiger partial charge in [-0.05, 0) is 65.0 Å². The zero-order valence-corrected chi connectivity index (χ0v) is 27.4. The summed E-state index contributed by atoms with van der Waals surface area (Å²) in [5.74, 6) is 0.727. The van der Waals surface area contributed by atoms with E-state index in [0.29, 0.717) is 39.4 Å². The fourth-order valence-corrected chi connectivity index (χ4v) is 5.93. The number of H-pyrrole nitrogens is 1. The Kier molecular flexibility index (Phi) is 13.8. The van der Waals surface area contributed by atoms with Gasteiger partial charge in [0.15, 0.2) is 0 Å². The van der Waals surface area contributed by atoms with Gasteiger partial charge >= 0.3 is 0 Å². The molecule has 2 N–H and O–H groups in total. The van der Waals surface area contributed by atoms with Crippen molar-refractivity contribution in [3.05, 3.63) is 55.5 Å². The Morgan fingerprint density at radius 2 is 1.86 bits per heavy atom. The molecule has 1 saturated heterocycles. The van der Waals surface area contributed by atoms with Gasteiger partial charge < -0.3 is 24.5 Å². The van der Waals surface area contributed by atoms with Crippen LogP contribution in [0.15, 0.2) is 16.9 Å². The summed E-state index contributed by atoms with van der Waals surface area (Å²) in [6, 6.07) is 3.86. The molecule has 2 unspecified atom stereocenters. The number of rotatable bonds is 18. The van der Waals surface area contributed by atoms with Gasteiger partial charge in [0, 0.05) is 46.5 Å². The largest absolute Gasteiger partial charge is 0.496 e. The molecule has 1 fully saturated rings. The number of alkyl halides is 1. The van der Waals surface area contributed by atoms with Crippen molar-refractivity contribution in [2.45, 2.75) is 104 Å². The molecule has 1 aliphatic heterocycles. The van der Waals surface area contributed by atoms with Crippen LogP contribution in [0.25, 0.3) is 0 Å². The average Bonchev–Trinajstić information content (AvgIpc) is 2.96. The first-order valence-corrected chi connectivity index (χ1v) is 15.9. The van der Waals surface area contributed by atoms with Gasteiger partial charge in [-0.25, -0.2) is 4.39 Å². The lowest BCUT2D eigenvalue weighted by molar-refractivity contribution is -0.0765. The van der Waals surface area contributed by atoms with Gasteiger partial charge in [0.2, 0.25) is 0 Å². The molecule has 8 nitrogen and oxygen atoms in total. The highest BCUT2D eigenvalue weighted by molar-refractivity contribution is 6.32. The van der Waals surface area contributed by atoms with Gasteiger partial charge in [-0.1, -0.05) is 38.3 Å². The van der Waals surface area contributed by atoms with Gasteiger partial charge in [0.25, 0.3) is 11.5 Å². The zero-order chi connectivity index (χ0) is 31.5. The number of unbranched alkanes of at least 4 members (excludes halogenated alkanes) is 1. The van der Waals surface area contributed by atoms with Crippen molar-refractivity contribution in [1.29, 1.82) is 0 Å². The van der Waals surface area contributed by atoms with Crippen LogP contribution in [-0.4, -0.2) is 67.5 Å². The number of methoxy groups -OCH3 is 1. The highest BCUT2D eigenvalue weighted by Gasteiger charge is 2.32. The number of carbonyl (C=O) groups is 1. The summed E-state index contributed by atoms with van der Waals surface area (Å²) in [4.78, 5) is 31.0. The number of aryl methyl sites for hydroxylation is 1. The van der Waals surface area contributed by atoms with Crippen LogP contribution >= 0.6 is 11.6 Å². The number of ether oxygens (including phenoxy) is 3. The molecule has 2 heterocycles. The molecule has 0 aliphatic carbocycles. The Bertz CT molecular complexity index is 1260. The van der Waals surface area contributed by atoms with Crippen molar-refractivity contribution in [3.8, 4) is 11.5 Å². The van der Waals surface area contributed by atoms with E-state index in [4.69, 9.17) is 25.8 Å². The fraction of sp³-hybridized carbons (Fsp3) is 0.636. The summed E-state index contributed by atoms with van der Waals surface area (Å²) in [5, 5.41) is 3.31. The van der Waals surface area contributed by atoms with Gasteiger partial charge in [0.05, 0.1) is 38.0 Å². The molecule has 0 saturated carbocycles. The SMILES string of the molecule is CCCCC(CCCC(CC)N1CC(OCCF)C1)Oc1c(C)c(Cl)cc(C(=O)NCc2c(OC)cc(C)[nH]c2=O)c1C. The summed E-state index contributed by atoms with van der Waals surface area (Å²) < 4.78 is 29.9. The zero-order valence-electron chi connectivity index (χ0n) is 26.6. The molecule has 10 heteroatoms. The second-order valence-corrected chi connectivity index (χ2v) is 11.9. The van der Waals surface area contributed by atoms with Gasteiger partial charge in [-0.15, -0.1) is 0 Å². The molecule has 1 aliphatic rings. The third-order valence-corrected chi connectivity index (χ3v) is 8.75. The predicted molar refractivity (Wildman–Crippen MR) is 170 cm³/mol. The predicted octanol–water partition coefficient (Wildman–Crippen LogP) is 6.45. The number of pyridine rings is 1. The minimum atomic E-state index is -0.436. The van der Waals surface area contributed by atoms with Crippen molar-refractivity contribution in [2.75, 3.05) is 33.5 Å². The minimum absolute atomic E-state index is 0.00311. The topological polar surface area (TPSA) is 92.9 Å². The van der Waals surface area contributed by atoms with E-state index in [1.165, 1.54) is 7.11 Å². The van der Waals surface area contributed by atoms with E-state index in [0.717, 1.165) is 69.2 Å². The molecule has 1 aromatic carbocycles. The molecule has 0 bridgehead atoms. The quantitative estimate of drug-likeness (QED) is 0.199. The number of amides is 1. The van der Waals surface area contributed by atoms with Crippen LogP contribution in [0.3, 0.4) is 0 Å². The minimum Gasteiger partial charge on any atom is -0.496 e. The van der Waals surface area contributed by atoms with E-state index in [-0.39, 0.29) is 36.8 Å². The molecule has 0 spiro atoms. The highest BCUT2D eigenvalue weighted by Crippen LogP contribution is 2.35. The lowest BCUT2D eigenvalue weighted by Crippen LogP contribution is -2.56. The van der Waals surface area contributed by atoms with Crippen LogP contribution in [0.1, 0.15) is 91.5 Å². The molecule has 1 amide bonds. The number of nitrogens with zero attached hydrogens (tertiary/aromatic N) is 1. The molecule has 1 aromatic heterocycles. The van der Waals surface area contributed by atoms with Crippen LogP contribution in [0, 0.1) is 20.8 Å². The number of nitrogens with one attached hydrogen (secondary N) is 2. The Labute approximate surface area is 260 Å². The molecule has 43 heavy (non-hydrogen) atoms. The Morgan fingerprint density at radius 3 is 2.51 bits per heavy atom. The van der Waals surface area contributed by atoms with Crippen LogP contribution in [-0.2, 0) is 11.3 Å². The number of aromatic nitrogens is 1. The summed E-state index contributed by atoms with van der Waals surface area (Å²) >= 11 is 6.62.